The summed E-state index contributed by atoms with van der Waals surface area (Å²) in [7, 11) is 1.36. The number of anilines is 1. The molecule has 0 aliphatic rings. The first-order valence-electron chi connectivity index (χ1n) is 9.42. The molecule has 4 aromatic rings. The fourth-order valence-electron chi connectivity index (χ4n) is 3.10. The smallest absolute Gasteiger partial charge is 0.350 e. The van der Waals surface area contributed by atoms with Crippen molar-refractivity contribution in [1.29, 1.82) is 0 Å². The maximum Gasteiger partial charge on any atom is 0.350 e. The molecule has 7 heteroatoms. The number of thiazole rings is 1. The maximum absolute atomic E-state index is 11.8. The highest BCUT2D eigenvalue weighted by molar-refractivity contribution is 7.17. The number of rotatable bonds is 4. The molecule has 2 heterocycles. The molecule has 0 saturated heterocycles. The third-order valence-electron chi connectivity index (χ3n) is 4.86. The van der Waals surface area contributed by atoms with E-state index in [2.05, 4.69) is 35.4 Å². The molecule has 0 amide bonds. The van der Waals surface area contributed by atoms with Crippen molar-refractivity contribution in [3.8, 4) is 11.3 Å². The number of nitrogens with zero attached hydrogens (tertiary/aromatic N) is 2. The van der Waals surface area contributed by atoms with Gasteiger partial charge < -0.3 is 9.15 Å². The molecule has 0 aliphatic heterocycles. The number of hydrogen-bond donors (Lipinski definition) is 1. The number of fused-ring (bicyclic) bond motifs is 1. The van der Waals surface area contributed by atoms with Gasteiger partial charge in [-0.05, 0) is 44.0 Å². The minimum absolute atomic E-state index is 0.403. The Labute approximate surface area is 177 Å². The van der Waals surface area contributed by atoms with Crippen molar-refractivity contribution < 1.29 is 13.9 Å². The van der Waals surface area contributed by atoms with Gasteiger partial charge in [0.1, 0.15) is 16.2 Å². The summed E-state index contributed by atoms with van der Waals surface area (Å²) in [5, 5.41) is 6.73. The third-order valence-corrected chi connectivity index (χ3v) is 5.90. The van der Waals surface area contributed by atoms with Crippen LogP contribution in [0.4, 0.5) is 5.13 Å². The maximum atomic E-state index is 11.8. The molecular formula is C23H21N3O3S. The molecule has 0 spiro atoms. The standard InChI is InChI=1S/C23H21N3O3S/c1-13-10-17-18(25-26-23-24-15(3)21(30-23)22(27)28-4)12-19(16-8-6-5-7-9-16)29-20(17)11-14(13)2/h5-12H,1-4H3,(H,24,26)/b25-18+. The Morgan fingerprint density at radius 2 is 1.83 bits per heavy atom. The molecule has 0 bridgehead atoms. The molecule has 30 heavy (non-hydrogen) atoms. The van der Waals surface area contributed by atoms with E-state index in [0.717, 1.165) is 38.8 Å². The highest BCUT2D eigenvalue weighted by Crippen LogP contribution is 2.25. The molecule has 152 valence electrons. The van der Waals surface area contributed by atoms with E-state index in [0.29, 0.717) is 15.7 Å². The van der Waals surface area contributed by atoms with Crippen molar-refractivity contribution in [2.75, 3.05) is 12.5 Å². The summed E-state index contributed by atoms with van der Waals surface area (Å²) in [5.74, 6) is 0.317. The minimum atomic E-state index is -0.403. The second kappa shape index (κ2) is 8.12. The van der Waals surface area contributed by atoms with E-state index in [1.54, 1.807) is 6.92 Å². The Kier molecular flexibility index (Phi) is 5.37. The van der Waals surface area contributed by atoms with E-state index in [1.807, 2.05) is 42.5 Å². The average molecular weight is 420 g/mol. The van der Waals surface area contributed by atoms with Crippen LogP contribution in [0.3, 0.4) is 0 Å². The van der Waals surface area contributed by atoms with Crippen LogP contribution in [0.25, 0.3) is 22.3 Å². The van der Waals surface area contributed by atoms with Crippen LogP contribution in [0.5, 0.6) is 0 Å². The largest absolute Gasteiger partial charge is 0.465 e. The number of benzene rings is 2. The van der Waals surface area contributed by atoms with E-state index in [4.69, 9.17) is 9.15 Å². The summed E-state index contributed by atoms with van der Waals surface area (Å²) in [6.07, 6.45) is 0. The number of carbonyl (C=O) groups is 1. The zero-order chi connectivity index (χ0) is 21.3. The van der Waals surface area contributed by atoms with Gasteiger partial charge in [0.05, 0.1) is 18.2 Å². The van der Waals surface area contributed by atoms with Gasteiger partial charge in [0, 0.05) is 17.0 Å². The number of esters is 1. The molecule has 0 radical (unpaired) electrons. The summed E-state index contributed by atoms with van der Waals surface area (Å²) in [5.41, 5.74) is 7.61. The Balaban J connectivity index is 1.84. The van der Waals surface area contributed by atoms with Gasteiger partial charge in [0.25, 0.3) is 0 Å². The van der Waals surface area contributed by atoms with E-state index < -0.39 is 5.97 Å². The first-order valence-corrected chi connectivity index (χ1v) is 10.2. The Hall–Kier alpha value is -3.45. The van der Waals surface area contributed by atoms with Gasteiger partial charge in [-0.3, -0.25) is 5.43 Å². The zero-order valence-electron chi connectivity index (χ0n) is 17.1. The normalized spacial score (nSPS) is 11.7. The van der Waals surface area contributed by atoms with Crippen molar-refractivity contribution in [1.82, 2.24) is 4.98 Å². The van der Waals surface area contributed by atoms with Gasteiger partial charge in [0.15, 0.2) is 0 Å². The lowest BCUT2D eigenvalue weighted by atomic mass is 10.1. The van der Waals surface area contributed by atoms with Gasteiger partial charge in [-0.2, -0.15) is 5.10 Å². The molecule has 0 aliphatic carbocycles. The summed E-state index contributed by atoms with van der Waals surface area (Å²) >= 11 is 1.21. The van der Waals surface area contributed by atoms with E-state index in [-0.39, 0.29) is 0 Å². The lowest BCUT2D eigenvalue weighted by Crippen LogP contribution is -2.08. The van der Waals surface area contributed by atoms with Crippen LogP contribution in [0.2, 0.25) is 0 Å². The van der Waals surface area contributed by atoms with Crippen LogP contribution in [0.1, 0.15) is 26.5 Å². The second-order valence-electron chi connectivity index (χ2n) is 6.94. The van der Waals surface area contributed by atoms with Crippen LogP contribution in [-0.2, 0) is 4.74 Å². The van der Waals surface area contributed by atoms with E-state index in [1.165, 1.54) is 18.4 Å². The van der Waals surface area contributed by atoms with Crippen LogP contribution < -0.4 is 10.8 Å². The monoisotopic (exact) mass is 419 g/mol. The van der Waals surface area contributed by atoms with Crippen LogP contribution in [-0.4, -0.2) is 18.1 Å². The van der Waals surface area contributed by atoms with E-state index in [9.17, 15) is 4.79 Å². The number of carbonyl (C=O) groups excluding carboxylic acids is 1. The van der Waals surface area contributed by atoms with Gasteiger partial charge in [0.2, 0.25) is 5.13 Å². The van der Waals surface area contributed by atoms with Gasteiger partial charge >= 0.3 is 5.97 Å². The predicted molar refractivity (Wildman–Crippen MR) is 119 cm³/mol. The van der Waals surface area contributed by atoms with Crippen LogP contribution >= 0.6 is 11.3 Å². The summed E-state index contributed by atoms with van der Waals surface area (Å²) in [6, 6.07) is 15.9. The third kappa shape index (κ3) is 3.84. The molecule has 0 atom stereocenters. The second-order valence-corrected chi connectivity index (χ2v) is 7.94. The van der Waals surface area contributed by atoms with Crippen molar-refractivity contribution >= 4 is 33.4 Å². The van der Waals surface area contributed by atoms with Gasteiger partial charge in [-0.15, -0.1) is 0 Å². The number of aryl methyl sites for hydroxylation is 3. The summed E-state index contributed by atoms with van der Waals surface area (Å²) in [6.45, 7) is 5.88. The van der Waals surface area contributed by atoms with Crippen molar-refractivity contribution in [3.63, 3.8) is 0 Å². The average Bonchev–Trinajstić information content (AvgIpc) is 3.13. The van der Waals surface area contributed by atoms with Crippen molar-refractivity contribution in [2.45, 2.75) is 20.8 Å². The fraction of sp³-hybridized carbons (Fsp3) is 0.174. The minimum Gasteiger partial charge on any atom is -0.465 e. The van der Waals surface area contributed by atoms with Crippen LogP contribution in [0, 0.1) is 20.8 Å². The summed E-state index contributed by atoms with van der Waals surface area (Å²) < 4.78 is 11.0. The number of aromatic nitrogens is 1. The highest BCUT2D eigenvalue weighted by Gasteiger charge is 2.15. The zero-order valence-corrected chi connectivity index (χ0v) is 18.0. The predicted octanol–water partition coefficient (Wildman–Crippen LogP) is 5.20. The lowest BCUT2D eigenvalue weighted by molar-refractivity contribution is 0.0605. The van der Waals surface area contributed by atoms with Crippen molar-refractivity contribution in [3.05, 3.63) is 75.6 Å². The molecule has 0 fully saturated rings. The summed E-state index contributed by atoms with van der Waals surface area (Å²) in [4.78, 5) is 16.7. The highest BCUT2D eigenvalue weighted by atomic mass is 32.1. The quantitative estimate of drug-likeness (QED) is 0.364. The SMILES string of the molecule is COC(=O)c1sc(N/N=c2\cc(-c3ccccc3)oc3cc(C)c(C)cc23)nc1C. The molecule has 1 N–H and O–H groups in total. The van der Waals surface area contributed by atoms with Crippen molar-refractivity contribution in [2.24, 2.45) is 5.10 Å². The van der Waals surface area contributed by atoms with Gasteiger partial charge in [-0.1, -0.05) is 41.7 Å². The first kappa shape index (κ1) is 19.8. The first-order chi connectivity index (χ1) is 14.5. The number of hydrogen-bond acceptors (Lipinski definition) is 7. The fourth-order valence-corrected chi connectivity index (χ4v) is 3.92. The Morgan fingerprint density at radius 3 is 2.57 bits per heavy atom. The van der Waals surface area contributed by atoms with Gasteiger partial charge in [-0.25, -0.2) is 9.78 Å². The molecular weight excluding hydrogens is 398 g/mol. The van der Waals surface area contributed by atoms with Crippen LogP contribution in [0.15, 0.2) is 58.0 Å². The number of nitrogens with one attached hydrogen (secondary N) is 1. The number of ether oxygens (including phenoxy) is 1. The topological polar surface area (TPSA) is 76.7 Å². The molecule has 6 nitrogen and oxygen atoms in total. The molecule has 2 aromatic carbocycles. The Bertz CT molecular complexity index is 1310. The van der Waals surface area contributed by atoms with E-state index >= 15 is 0 Å². The Morgan fingerprint density at radius 1 is 1.10 bits per heavy atom. The lowest BCUT2D eigenvalue weighted by Gasteiger charge is -2.07. The molecule has 0 unspecified atom stereocenters. The number of methoxy groups -OCH3 is 1. The molecule has 2 aromatic heterocycles. The molecule has 4 rings (SSSR count). The molecule has 0 saturated carbocycles.